The molecule has 0 bridgehead atoms. The fraction of sp³-hybridized carbons (Fsp3) is 0.235. The van der Waals surface area contributed by atoms with Gasteiger partial charge in [-0.3, -0.25) is 4.79 Å². The van der Waals surface area contributed by atoms with E-state index in [-0.39, 0.29) is 22.4 Å². The number of hydrogen-bond donors (Lipinski definition) is 2. The van der Waals surface area contributed by atoms with E-state index in [1.165, 1.54) is 23.9 Å². The number of para-hydroxylation sites is 1. The van der Waals surface area contributed by atoms with Crippen LogP contribution in [0.25, 0.3) is 0 Å². The smallest absolute Gasteiger partial charge is 0.255 e. The van der Waals surface area contributed by atoms with Gasteiger partial charge in [0.25, 0.3) is 5.91 Å². The zero-order valence-electron chi connectivity index (χ0n) is 13.7. The SMILES string of the molecule is CSc1ccccc1NC(=O)c1cccc(S(=O)(=O)NC(C)C)c1. The van der Waals surface area contributed by atoms with E-state index in [1.807, 2.05) is 30.5 Å². The topological polar surface area (TPSA) is 75.3 Å². The second kappa shape index (κ2) is 7.83. The maximum Gasteiger partial charge on any atom is 0.255 e. The maximum atomic E-state index is 12.4. The Morgan fingerprint density at radius 3 is 2.46 bits per heavy atom. The zero-order chi connectivity index (χ0) is 17.7. The summed E-state index contributed by atoms with van der Waals surface area (Å²) in [6.45, 7) is 3.49. The molecule has 0 saturated heterocycles. The molecule has 0 radical (unpaired) electrons. The monoisotopic (exact) mass is 364 g/mol. The van der Waals surface area contributed by atoms with Crippen molar-refractivity contribution in [3.05, 3.63) is 54.1 Å². The molecule has 2 rings (SSSR count). The Morgan fingerprint density at radius 2 is 1.79 bits per heavy atom. The van der Waals surface area contributed by atoms with Crippen LogP contribution in [0.3, 0.4) is 0 Å². The van der Waals surface area contributed by atoms with Crippen molar-refractivity contribution < 1.29 is 13.2 Å². The Labute approximate surface area is 146 Å². The van der Waals surface area contributed by atoms with E-state index in [0.717, 1.165) is 4.90 Å². The molecule has 7 heteroatoms. The van der Waals surface area contributed by atoms with Crippen LogP contribution in [0.2, 0.25) is 0 Å². The molecule has 0 saturated carbocycles. The molecule has 0 aliphatic heterocycles. The van der Waals surface area contributed by atoms with Gasteiger partial charge in [-0.25, -0.2) is 13.1 Å². The molecule has 2 N–H and O–H groups in total. The minimum absolute atomic E-state index is 0.0713. The van der Waals surface area contributed by atoms with Gasteiger partial charge in [-0.15, -0.1) is 11.8 Å². The molecule has 24 heavy (non-hydrogen) atoms. The van der Waals surface area contributed by atoms with Gasteiger partial charge in [0.1, 0.15) is 0 Å². The molecule has 0 spiro atoms. The van der Waals surface area contributed by atoms with Gasteiger partial charge in [0.05, 0.1) is 10.6 Å². The van der Waals surface area contributed by atoms with Gasteiger partial charge in [0.15, 0.2) is 0 Å². The molecule has 0 atom stereocenters. The van der Waals surface area contributed by atoms with Crippen molar-refractivity contribution in [2.24, 2.45) is 0 Å². The van der Waals surface area contributed by atoms with E-state index in [1.54, 1.807) is 26.0 Å². The van der Waals surface area contributed by atoms with Gasteiger partial charge in [0.2, 0.25) is 10.0 Å². The molecule has 0 unspecified atom stereocenters. The summed E-state index contributed by atoms with van der Waals surface area (Å²) in [5.41, 5.74) is 0.987. The lowest BCUT2D eigenvalue weighted by Crippen LogP contribution is -2.30. The molecule has 0 heterocycles. The molecular weight excluding hydrogens is 344 g/mol. The molecule has 128 valence electrons. The average molecular weight is 364 g/mol. The molecule has 2 aromatic rings. The minimum Gasteiger partial charge on any atom is -0.321 e. The lowest BCUT2D eigenvalue weighted by molar-refractivity contribution is 0.102. The van der Waals surface area contributed by atoms with Crippen LogP contribution in [0.5, 0.6) is 0 Å². The second-order valence-electron chi connectivity index (χ2n) is 5.46. The van der Waals surface area contributed by atoms with Crippen molar-refractivity contribution >= 4 is 33.4 Å². The summed E-state index contributed by atoms with van der Waals surface area (Å²) >= 11 is 1.53. The summed E-state index contributed by atoms with van der Waals surface area (Å²) in [6, 6.07) is 13.2. The lowest BCUT2D eigenvalue weighted by Gasteiger charge is -2.12. The van der Waals surface area contributed by atoms with E-state index in [0.29, 0.717) is 5.69 Å². The Kier molecular flexibility index (Phi) is 6.04. The molecule has 2 aromatic carbocycles. The molecule has 1 amide bonds. The summed E-state index contributed by atoms with van der Waals surface area (Å²) in [5, 5.41) is 2.82. The third-order valence-electron chi connectivity index (χ3n) is 3.15. The standard InChI is InChI=1S/C17H20N2O3S2/c1-12(2)19-24(21,22)14-8-6-7-13(11-14)17(20)18-15-9-4-5-10-16(15)23-3/h4-12,19H,1-3H3,(H,18,20). The Balaban J connectivity index is 2.27. The summed E-state index contributed by atoms with van der Waals surface area (Å²) in [4.78, 5) is 13.5. The predicted molar refractivity (Wildman–Crippen MR) is 98.1 cm³/mol. The van der Waals surface area contributed by atoms with Crippen LogP contribution in [0.4, 0.5) is 5.69 Å². The Morgan fingerprint density at radius 1 is 1.08 bits per heavy atom. The van der Waals surface area contributed by atoms with Gasteiger partial charge in [-0.2, -0.15) is 0 Å². The minimum atomic E-state index is -3.64. The van der Waals surface area contributed by atoms with E-state index < -0.39 is 10.0 Å². The highest BCUT2D eigenvalue weighted by Crippen LogP contribution is 2.25. The summed E-state index contributed by atoms with van der Waals surface area (Å²) in [6.07, 6.45) is 1.93. The Bertz CT molecular complexity index is 833. The number of benzene rings is 2. The quantitative estimate of drug-likeness (QED) is 0.771. The van der Waals surface area contributed by atoms with Crippen molar-refractivity contribution in [1.29, 1.82) is 0 Å². The third kappa shape index (κ3) is 4.59. The van der Waals surface area contributed by atoms with E-state index in [9.17, 15) is 13.2 Å². The van der Waals surface area contributed by atoms with Crippen LogP contribution >= 0.6 is 11.8 Å². The third-order valence-corrected chi connectivity index (χ3v) is 5.60. The molecule has 0 fully saturated rings. The van der Waals surface area contributed by atoms with Gasteiger partial charge in [-0.1, -0.05) is 18.2 Å². The van der Waals surface area contributed by atoms with Crippen LogP contribution in [0, 0.1) is 0 Å². The van der Waals surface area contributed by atoms with Crippen LogP contribution < -0.4 is 10.0 Å². The van der Waals surface area contributed by atoms with Gasteiger partial charge in [0, 0.05) is 16.5 Å². The zero-order valence-corrected chi connectivity index (χ0v) is 15.4. The number of amides is 1. The summed E-state index contributed by atoms with van der Waals surface area (Å²) in [7, 11) is -3.64. The Hall–Kier alpha value is -1.83. The lowest BCUT2D eigenvalue weighted by atomic mass is 10.2. The van der Waals surface area contributed by atoms with Crippen molar-refractivity contribution in [2.45, 2.75) is 29.7 Å². The number of anilines is 1. The van der Waals surface area contributed by atoms with Gasteiger partial charge < -0.3 is 5.32 Å². The normalized spacial score (nSPS) is 11.5. The fourth-order valence-corrected chi connectivity index (χ4v) is 3.98. The van der Waals surface area contributed by atoms with Gasteiger partial charge in [-0.05, 0) is 50.4 Å². The van der Waals surface area contributed by atoms with E-state index >= 15 is 0 Å². The maximum absolute atomic E-state index is 12.4. The van der Waals surface area contributed by atoms with E-state index in [4.69, 9.17) is 0 Å². The van der Waals surface area contributed by atoms with Crippen LogP contribution in [-0.4, -0.2) is 26.6 Å². The molecular formula is C17H20N2O3S2. The van der Waals surface area contributed by atoms with Crippen molar-refractivity contribution in [3.63, 3.8) is 0 Å². The average Bonchev–Trinajstić information content (AvgIpc) is 2.54. The highest BCUT2D eigenvalue weighted by Gasteiger charge is 2.17. The number of carbonyl (C=O) groups is 1. The molecule has 5 nitrogen and oxygen atoms in total. The first-order valence-electron chi connectivity index (χ1n) is 7.40. The van der Waals surface area contributed by atoms with Crippen molar-refractivity contribution in [2.75, 3.05) is 11.6 Å². The largest absolute Gasteiger partial charge is 0.321 e. The number of sulfonamides is 1. The van der Waals surface area contributed by atoms with Crippen LogP contribution in [0.15, 0.2) is 58.3 Å². The van der Waals surface area contributed by atoms with Crippen molar-refractivity contribution in [3.8, 4) is 0 Å². The predicted octanol–water partition coefficient (Wildman–Crippen LogP) is 3.35. The first-order chi connectivity index (χ1) is 11.3. The number of thioether (sulfide) groups is 1. The summed E-state index contributed by atoms with van der Waals surface area (Å²) < 4.78 is 27.0. The number of rotatable bonds is 6. The van der Waals surface area contributed by atoms with Crippen LogP contribution in [0.1, 0.15) is 24.2 Å². The van der Waals surface area contributed by atoms with Gasteiger partial charge >= 0.3 is 0 Å². The second-order valence-corrected chi connectivity index (χ2v) is 8.02. The van der Waals surface area contributed by atoms with Crippen molar-refractivity contribution in [1.82, 2.24) is 4.72 Å². The fourth-order valence-electron chi connectivity index (χ4n) is 2.13. The first-order valence-corrected chi connectivity index (χ1v) is 10.1. The molecule has 0 aliphatic carbocycles. The summed E-state index contributed by atoms with van der Waals surface area (Å²) in [5.74, 6) is -0.349. The number of nitrogens with one attached hydrogen (secondary N) is 2. The number of hydrogen-bond acceptors (Lipinski definition) is 4. The van der Waals surface area contributed by atoms with Crippen LogP contribution in [-0.2, 0) is 10.0 Å². The first kappa shape index (κ1) is 18.5. The highest BCUT2D eigenvalue weighted by atomic mass is 32.2. The molecule has 0 aromatic heterocycles. The highest BCUT2D eigenvalue weighted by molar-refractivity contribution is 7.98. The number of carbonyl (C=O) groups excluding carboxylic acids is 1. The molecule has 0 aliphatic rings. The van der Waals surface area contributed by atoms with E-state index in [2.05, 4.69) is 10.0 Å².